The van der Waals surface area contributed by atoms with Gasteiger partial charge in [-0.05, 0) is 49.7 Å². The minimum Gasteiger partial charge on any atom is -0.484 e. The first-order valence-electron chi connectivity index (χ1n) is 10.1. The molecule has 28 heavy (non-hydrogen) atoms. The minimum atomic E-state index is -0.0884. The van der Waals surface area contributed by atoms with E-state index in [4.69, 9.17) is 10.5 Å². The van der Waals surface area contributed by atoms with Crippen molar-refractivity contribution < 1.29 is 14.3 Å². The van der Waals surface area contributed by atoms with E-state index >= 15 is 0 Å². The van der Waals surface area contributed by atoms with Crippen LogP contribution in [0.15, 0.2) is 30.3 Å². The topological polar surface area (TPSA) is 75.9 Å². The van der Waals surface area contributed by atoms with Gasteiger partial charge < -0.3 is 20.3 Å². The lowest BCUT2D eigenvalue weighted by Gasteiger charge is -2.34. The largest absolute Gasteiger partial charge is 0.484 e. The summed E-state index contributed by atoms with van der Waals surface area (Å²) in [5.41, 5.74) is 6.20. The molecule has 1 aromatic rings. The standard InChI is InChI=1S/C21H29N3O3.ClH/c22-19-9-8-15-11-24(13-18(15)19)21(26)16-5-4-10-23(12-16)20(25)14-27-17-6-2-1-3-7-17;/h1-3,6-7,15-16,18-19H,4-5,8-14,22H2;1H. The first kappa shape index (κ1) is 20.9. The van der Waals surface area contributed by atoms with Crippen LogP contribution in [0, 0.1) is 17.8 Å². The van der Waals surface area contributed by atoms with Crippen LogP contribution in [0.3, 0.4) is 0 Å². The van der Waals surface area contributed by atoms with E-state index in [2.05, 4.69) is 0 Å². The second-order valence-corrected chi connectivity index (χ2v) is 8.19. The van der Waals surface area contributed by atoms with Crippen LogP contribution >= 0.6 is 12.4 Å². The molecule has 3 aliphatic rings. The predicted octanol–water partition coefficient (Wildman–Crippen LogP) is 1.92. The molecule has 4 unspecified atom stereocenters. The lowest BCUT2D eigenvalue weighted by molar-refractivity contribution is -0.141. The molecule has 1 aliphatic carbocycles. The van der Waals surface area contributed by atoms with Gasteiger partial charge >= 0.3 is 0 Å². The van der Waals surface area contributed by atoms with Crippen molar-refractivity contribution in [2.75, 3.05) is 32.8 Å². The quantitative estimate of drug-likeness (QED) is 0.827. The molecular formula is C21H30ClN3O3. The van der Waals surface area contributed by atoms with E-state index in [0.717, 1.165) is 38.8 Å². The molecular weight excluding hydrogens is 378 g/mol. The van der Waals surface area contributed by atoms with Crippen LogP contribution in [-0.2, 0) is 9.59 Å². The number of fused-ring (bicyclic) bond motifs is 1. The Morgan fingerprint density at radius 1 is 1.04 bits per heavy atom. The number of ether oxygens (including phenoxy) is 1. The molecule has 154 valence electrons. The summed E-state index contributed by atoms with van der Waals surface area (Å²) in [6.45, 7) is 2.88. The molecule has 2 saturated heterocycles. The van der Waals surface area contributed by atoms with Crippen LogP contribution in [0.4, 0.5) is 0 Å². The van der Waals surface area contributed by atoms with E-state index in [9.17, 15) is 9.59 Å². The van der Waals surface area contributed by atoms with Gasteiger partial charge in [-0.25, -0.2) is 0 Å². The zero-order chi connectivity index (χ0) is 18.8. The van der Waals surface area contributed by atoms with E-state index in [-0.39, 0.29) is 42.8 Å². The van der Waals surface area contributed by atoms with Crippen LogP contribution < -0.4 is 10.5 Å². The fraction of sp³-hybridized carbons (Fsp3) is 0.619. The van der Waals surface area contributed by atoms with E-state index < -0.39 is 0 Å². The maximum absolute atomic E-state index is 13.0. The molecule has 2 amide bonds. The molecule has 6 nitrogen and oxygen atoms in total. The van der Waals surface area contributed by atoms with Gasteiger partial charge in [-0.3, -0.25) is 9.59 Å². The molecule has 0 spiro atoms. The highest BCUT2D eigenvalue weighted by molar-refractivity contribution is 5.85. The Hall–Kier alpha value is -1.79. The number of benzene rings is 1. The Kier molecular flexibility index (Phi) is 6.83. The average Bonchev–Trinajstić information content (AvgIpc) is 3.28. The summed E-state index contributed by atoms with van der Waals surface area (Å²) in [6.07, 6.45) is 3.96. The summed E-state index contributed by atoms with van der Waals surface area (Å²) in [4.78, 5) is 29.3. The molecule has 1 aromatic carbocycles. The summed E-state index contributed by atoms with van der Waals surface area (Å²) in [7, 11) is 0. The number of halogens is 1. The molecule has 2 heterocycles. The smallest absolute Gasteiger partial charge is 0.260 e. The zero-order valence-corrected chi connectivity index (χ0v) is 17.0. The first-order valence-corrected chi connectivity index (χ1v) is 10.1. The number of carbonyl (C=O) groups is 2. The van der Waals surface area contributed by atoms with Gasteiger partial charge in [0.15, 0.2) is 6.61 Å². The summed E-state index contributed by atoms with van der Waals surface area (Å²) in [6, 6.07) is 9.59. The van der Waals surface area contributed by atoms with Crippen molar-refractivity contribution in [3.8, 4) is 5.75 Å². The fourth-order valence-electron chi connectivity index (χ4n) is 4.90. The number of rotatable bonds is 4. The Labute approximate surface area is 172 Å². The molecule has 0 bridgehead atoms. The van der Waals surface area contributed by atoms with Crippen LogP contribution in [0.2, 0.25) is 0 Å². The van der Waals surface area contributed by atoms with Gasteiger partial charge in [0.25, 0.3) is 5.91 Å². The Balaban J connectivity index is 0.00000225. The highest BCUT2D eigenvalue weighted by Crippen LogP contribution is 2.38. The third-order valence-corrected chi connectivity index (χ3v) is 6.45. The third-order valence-electron chi connectivity index (χ3n) is 6.45. The summed E-state index contributed by atoms with van der Waals surface area (Å²) in [5.74, 6) is 1.80. The van der Waals surface area contributed by atoms with Crippen molar-refractivity contribution in [2.45, 2.75) is 31.7 Å². The van der Waals surface area contributed by atoms with Crippen molar-refractivity contribution in [3.63, 3.8) is 0 Å². The maximum atomic E-state index is 13.0. The van der Waals surface area contributed by atoms with Gasteiger partial charge in [0.1, 0.15) is 5.75 Å². The molecule has 2 N–H and O–H groups in total. The highest BCUT2D eigenvalue weighted by atomic mass is 35.5. The van der Waals surface area contributed by atoms with E-state index in [1.807, 2.05) is 35.2 Å². The molecule has 1 saturated carbocycles. The summed E-state index contributed by atoms with van der Waals surface area (Å²) in [5, 5.41) is 0. The van der Waals surface area contributed by atoms with Gasteiger partial charge in [-0.1, -0.05) is 18.2 Å². The first-order chi connectivity index (χ1) is 13.1. The fourth-order valence-corrected chi connectivity index (χ4v) is 4.90. The van der Waals surface area contributed by atoms with Crippen molar-refractivity contribution in [3.05, 3.63) is 30.3 Å². The molecule has 4 atom stereocenters. The van der Waals surface area contributed by atoms with Crippen LogP contribution in [0.5, 0.6) is 5.75 Å². The van der Waals surface area contributed by atoms with Crippen LogP contribution in [0.1, 0.15) is 25.7 Å². The average molecular weight is 408 g/mol. The monoisotopic (exact) mass is 407 g/mol. The lowest BCUT2D eigenvalue weighted by Crippen LogP contribution is -2.47. The Morgan fingerprint density at radius 2 is 1.82 bits per heavy atom. The normalized spacial score (nSPS) is 29.2. The van der Waals surface area contributed by atoms with Gasteiger partial charge in [0, 0.05) is 32.2 Å². The molecule has 2 aliphatic heterocycles. The molecule has 7 heteroatoms. The zero-order valence-electron chi connectivity index (χ0n) is 16.2. The number of para-hydroxylation sites is 1. The second-order valence-electron chi connectivity index (χ2n) is 8.19. The molecule has 3 fully saturated rings. The Bertz CT molecular complexity index is 687. The predicted molar refractivity (Wildman–Crippen MR) is 109 cm³/mol. The molecule has 0 radical (unpaired) electrons. The number of likely N-dealkylation sites (tertiary alicyclic amines) is 2. The Morgan fingerprint density at radius 3 is 2.57 bits per heavy atom. The summed E-state index contributed by atoms with van der Waals surface area (Å²) < 4.78 is 5.58. The van der Waals surface area contributed by atoms with Gasteiger partial charge in [0.05, 0.1) is 5.92 Å². The van der Waals surface area contributed by atoms with Gasteiger partial charge in [-0.2, -0.15) is 0 Å². The minimum absolute atomic E-state index is 0. The number of hydrogen-bond donors (Lipinski definition) is 1. The van der Waals surface area contributed by atoms with Crippen molar-refractivity contribution in [2.24, 2.45) is 23.5 Å². The van der Waals surface area contributed by atoms with Crippen molar-refractivity contribution in [1.29, 1.82) is 0 Å². The summed E-state index contributed by atoms with van der Waals surface area (Å²) >= 11 is 0. The highest BCUT2D eigenvalue weighted by Gasteiger charge is 2.44. The number of nitrogens with zero attached hydrogens (tertiary/aromatic N) is 2. The van der Waals surface area contributed by atoms with Crippen LogP contribution in [-0.4, -0.2) is 60.4 Å². The van der Waals surface area contributed by atoms with Crippen molar-refractivity contribution >= 4 is 24.2 Å². The number of nitrogens with two attached hydrogens (primary N) is 1. The number of piperidine rings is 1. The van der Waals surface area contributed by atoms with E-state index in [1.54, 1.807) is 4.90 Å². The van der Waals surface area contributed by atoms with Crippen molar-refractivity contribution in [1.82, 2.24) is 9.80 Å². The SMILES string of the molecule is Cl.NC1CCC2CN(C(=O)C3CCCN(C(=O)COc4ccccc4)C3)CC12. The van der Waals surface area contributed by atoms with E-state index in [0.29, 0.717) is 30.7 Å². The number of amides is 2. The number of carbonyl (C=O) groups excluding carboxylic acids is 2. The lowest BCUT2D eigenvalue weighted by atomic mass is 9.96. The second kappa shape index (κ2) is 9.14. The van der Waals surface area contributed by atoms with Gasteiger partial charge in [0.2, 0.25) is 5.91 Å². The van der Waals surface area contributed by atoms with Crippen LogP contribution in [0.25, 0.3) is 0 Å². The maximum Gasteiger partial charge on any atom is 0.260 e. The van der Waals surface area contributed by atoms with Gasteiger partial charge in [-0.15, -0.1) is 12.4 Å². The molecule has 4 rings (SSSR count). The van der Waals surface area contributed by atoms with E-state index in [1.165, 1.54) is 0 Å². The number of hydrogen-bond acceptors (Lipinski definition) is 4. The molecule has 0 aromatic heterocycles. The third kappa shape index (κ3) is 4.44.